The summed E-state index contributed by atoms with van der Waals surface area (Å²) in [4.78, 5) is 24.1. The van der Waals surface area contributed by atoms with Gasteiger partial charge in [0.05, 0.1) is 60.8 Å². The molecule has 0 amide bonds. The van der Waals surface area contributed by atoms with Gasteiger partial charge in [0.1, 0.15) is 63.0 Å². The van der Waals surface area contributed by atoms with Gasteiger partial charge in [-0.15, -0.1) is 0 Å². The molecule has 3 aliphatic rings. The molecule has 1 unspecified atom stereocenters. The van der Waals surface area contributed by atoms with Gasteiger partial charge in [0.15, 0.2) is 5.71 Å². The number of rotatable bonds is 24. The van der Waals surface area contributed by atoms with Crippen LogP contribution in [0.25, 0.3) is 21.5 Å². The molecule has 0 radical (unpaired) electrons. The molecule has 5 aromatic rings. The van der Waals surface area contributed by atoms with Crippen LogP contribution < -0.4 is 177 Å². The Labute approximate surface area is 632 Å². The van der Waals surface area contributed by atoms with Crippen molar-refractivity contribution in [2.75, 3.05) is 43.6 Å². The number of fused-ring (bicyclic) bond motifs is 6. The second-order valence-corrected chi connectivity index (χ2v) is 26.8. The number of anilines is 1. The number of hydrogen-bond donors (Lipinski definition) is 0. The number of carbonyl (C=O) groups excluding carboxylic acids is 2. The van der Waals surface area contributed by atoms with Crippen molar-refractivity contribution in [3.63, 3.8) is 0 Å². The first-order chi connectivity index (χ1) is 39.3. The van der Waals surface area contributed by atoms with Gasteiger partial charge < -0.3 is 61.3 Å². The minimum absolute atomic E-state index is 0. The van der Waals surface area contributed by atoms with Crippen molar-refractivity contribution in [1.82, 2.24) is 0 Å². The summed E-state index contributed by atoms with van der Waals surface area (Å²) in [6, 6.07) is 14.9. The first kappa shape index (κ1) is 81.4. The summed E-state index contributed by atoms with van der Waals surface area (Å²) in [7, 11) is -14.7. The van der Waals surface area contributed by atoms with E-state index in [1.807, 2.05) is 94.4 Å². The Bertz CT molecular complexity index is 4070. The van der Waals surface area contributed by atoms with Crippen molar-refractivity contribution in [3.8, 4) is 17.2 Å². The van der Waals surface area contributed by atoms with Gasteiger partial charge in [-0.2, -0.15) is 4.58 Å². The Hall–Kier alpha value is -1.81. The van der Waals surface area contributed by atoms with E-state index < -0.39 is 93.2 Å². The zero-order valence-electron chi connectivity index (χ0n) is 52.1. The van der Waals surface area contributed by atoms with E-state index in [1.54, 1.807) is 24.3 Å². The number of allylic oxidation sites excluding steroid dienone is 7. The Morgan fingerprint density at radius 2 is 1.24 bits per heavy atom. The van der Waals surface area contributed by atoms with Crippen LogP contribution in [0.4, 0.5) is 11.4 Å². The SMILES string of the molecule is Cc1cc(OC2=C(/C=C/C3=[N+](CCCCOS(=O)[O-])c4ccc5cc(S(=O)(=O)[O-])cc(OCC(=O)[O-])c5c4C3(C)C)CCC/C2=C\C=C2\N(CCCCS(=O)(=O)[O-])c3ccc4cc(S(=O)(=O)[O-])cc(OCC(=O)[O-])c4c3C2(C)C)cc(C)c1C.[Na+].[Na+].[Na+].[Na+].[Na+]. The second-order valence-electron chi connectivity index (χ2n) is 21.9. The van der Waals surface area contributed by atoms with Crippen LogP contribution in [0.3, 0.4) is 0 Å². The smallest absolute Gasteiger partial charge is 0.750 e. The average molecular weight is 1350 g/mol. The summed E-state index contributed by atoms with van der Waals surface area (Å²) in [6.07, 6.45) is 10.4. The zero-order valence-corrected chi connectivity index (χ0v) is 65.3. The van der Waals surface area contributed by atoms with Gasteiger partial charge in [-0.1, -0.05) is 26.0 Å². The van der Waals surface area contributed by atoms with Crippen LogP contribution in [0.5, 0.6) is 17.2 Å². The Kier molecular flexibility index (Phi) is 30.4. The number of aliphatic carboxylic acids is 2. The number of unbranched alkanes of at least 4 members (excludes halogenated alkanes) is 2. The number of benzene rings is 5. The fraction of sp³-hybridized carbons (Fsp3) is 0.373. The van der Waals surface area contributed by atoms with Gasteiger partial charge in [-0.3, -0.25) is 0 Å². The van der Waals surface area contributed by atoms with E-state index in [0.29, 0.717) is 89.1 Å². The van der Waals surface area contributed by atoms with Crippen molar-refractivity contribution in [2.24, 2.45) is 0 Å². The molecular weight excluding hydrogens is 1280 g/mol. The van der Waals surface area contributed by atoms with Crippen LogP contribution in [0, 0.1) is 20.8 Å². The minimum atomic E-state index is -5.06. The average Bonchev–Trinajstić information content (AvgIpc) is 1.60. The maximum absolute atomic E-state index is 12.4. The first-order valence-corrected chi connectivity index (χ1v) is 32.1. The molecule has 0 saturated carbocycles. The fourth-order valence-electron chi connectivity index (χ4n) is 11.5. The molecule has 2 heterocycles. The van der Waals surface area contributed by atoms with Crippen molar-refractivity contribution in [1.29, 1.82) is 0 Å². The van der Waals surface area contributed by atoms with Crippen LogP contribution in [0.2, 0.25) is 0 Å². The van der Waals surface area contributed by atoms with Crippen molar-refractivity contribution < 1.29 is 238 Å². The fourth-order valence-corrected chi connectivity index (χ4v) is 13.3. The van der Waals surface area contributed by atoms with Crippen molar-refractivity contribution in [3.05, 3.63) is 135 Å². The Morgan fingerprint density at radius 1 is 0.685 bits per heavy atom. The van der Waals surface area contributed by atoms with Gasteiger partial charge in [0.2, 0.25) is 5.69 Å². The number of ether oxygens (including phenoxy) is 3. The summed E-state index contributed by atoms with van der Waals surface area (Å²) in [5.41, 5.74) is 6.39. The summed E-state index contributed by atoms with van der Waals surface area (Å²) in [5.74, 6) is -3.11. The number of carboxylic acid groups (broad SMARTS) is 2. The molecule has 0 saturated heterocycles. The van der Waals surface area contributed by atoms with Gasteiger partial charge in [-0.25, -0.2) is 29.5 Å². The maximum Gasteiger partial charge on any atom is 1.00 e. The predicted octanol–water partition coefficient (Wildman–Crippen LogP) is -9.02. The van der Waals surface area contributed by atoms with Crippen molar-refractivity contribution in [2.45, 2.75) is 114 Å². The summed E-state index contributed by atoms with van der Waals surface area (Å²) in [6.45, 7) is 12.1. The molecule has 0 N–H and O–H groups in total. The number of nitrogens with zero attached hydrogens (tertiary/aromatic N) is 2. The van der Waals surface area contributed by atoms with Gasteiger partial charge in [0, 0.05) is 58.4 Å². The molecule has 30 heteroatoms. The predicted molar refractivity (Wildman–Crippen MR) is 303 cm³/mol. The van der Waals surface area contributed by atoms with E-state index in [1.165, 1.54) is 12.1 Å². The topological polar surface area (TPSA) is 335 Å². The van der Waals surface area contributed by atoms with E-state index in [0.717, 1.165) is 45.7 Å². The van der Waals surface area contributed by atoms with Crippen LogP contribution >= 0.6 is 0 Å². The van der Waals surface area contributed by atoms with Gasteiger partial charge in [-0.05, 0) is 178 Å². The van der Waals surface area contributed by atoms with E-state index in [-0.39, 0.29) is 196 Å². The molecule has 1 aliphatic carbocycles. The largest absolute Gasteiger partial charge is 1.00 e. The van der Waals surface area contributed by atoms with Crippen LogP contribution in [-0.4, -0.2) is 109 Å². The van der Waals surface area contributed by atoms with E-state index in [4.69, 9.17) is 18.4 Å². The van der Waals surface area contributed by atoms with Crippen LogP contribution in [-0.2, 0) is 66.3 Å². The van der Waals surface area contributed by atoms with E-state index in [2.05, 4.69) is 0 Å². The molecule has 0 aromatic heterocycles. The quantitative estimate of drug-likeness (QED) is 0.0182. The Balaban J connectivity index is 0.00000414. The summed E-state index contributed by atoms with van der Waals surface area (Å²) in [5, 5.41) is 24.7. The zero-order chi connectivity index (χ0) is 61.4. The molecule has 8 rings (SSSR count). The monoisotopic (exact) mass is 1340 g/mol. The number of carbonyl (C=O) groups is 2. The van der Waals surface area contributed by atoms with E-state index >= 15 is 0 Å². The molecule has 0 bridgehead atoms. The standard InChI is InChI=1S/C59H66N2O19S4.5Na/c1-35-27-42(28-36(2)37(35)3)80-57-38(17-21-49-58(4,5)55-45(60(49)23-8-10-25-79-81(66)67)19-15-40-29-43(83(71,72)73)31-47(53(40)55)77-33-51(62)63)13-12-14-39(57)18-22-50-59(6,7)56-46(61(50)24-9-11-26-82(68,69)70)20-16-41-30-44(84(74,75)76)32-48(54(41)56)78-34-52(64)65;;;;;/h15-22,27-32H,8-14,23-26,33-34H2,1-7H3,(H5-,62,63,64,65,66,67,68,69,70,71,72,73,74,75,76);;;;;/q;5*+1/p-5. The molecule has 450 valence electrons. The normalized spacial score (nSPS) is 16.5. The summed E-state index contributed by atoms with van der Waals surface area (Å²) >= 11 is -2.73. The third-order valence-electron chi connectivity index (χ3n) is 15.5. The number of hydrogen-bond acceptors (Lipinski definition) is 20. The molecule has 1 atom stereocenters. The molecule has 2 aliphatic heterocycles. The summed E-state index contributed by atoms with van der Waals surface area (Å²) < 4.78 is 157. The number of aryl methyl sites for hydroxylation is 2. The van der Waals surface area contributed by atoms with Gasteiger partial charge >= 0.3 is 148 Å². The van der Waals surface area contributed by atoms with Crippen LogP contribution in [0.1, 0.15) is 100 Å². The molecule has 0 fully saturated rings. The van der Waals surface area contributed by atoms with Crippen molar-refractivity contribution >= 4 is 92.3 Å². The van der Waals surface area contributed by atoms with Gasteiger partial charge in [0.25, 0.3) is 0 Å². The van der Waals surface area contributed by atoms with E-state index in [9.17, 15) is 67.5 Å². The minimum Gasteiger partial charge on any atom is -0.750 e. The third-order valence-corrected chi connectivity index (χ3v) is 18.3. The molecule has 21 nitrogen and oxygen atoms in total. The molecule has 89 heavy (non-hydrogen) atoms. The Morgan fingerprint density at radius 3 is 1.76 bits per heavy atom. The first-order valence-electron chi connectivity index (χ1n) is 26.7. The molecular formula is C59H61N2Na5O19S4. The third kappa shape index (κ3) is 19.2. The molecule has 0 spiro atoms. The molecule has 5 aromatic carbocycles. The second kappa shape index (κ2) is 33.2. The maximum atomic E-state index is 12.4. The number of carboxylic acids is 2. The van der Waals surface area contributed by atoms with Crippen LogP contribution in [0.15, 0.2) is 117 Å².